The lowest BCUT2D eigenvalue weighted by Gasteiger charge is -2.29. The first-order valence-electron chi connectivity index (χ1n) is 4.96. The fourth-order valence-corrected chi connectivity index (χ4v) is 1.68. The van der Waals surface area contributed by atoms with E-state index >= 15 is 0 Å². The maximum Gasteiger partial charge on any atom is 0.152 e. The van der Waals surface area contributed by atoms with E-state index in [0.717, 1.165) is 43.4 Å². The van der Waals surface area contributed by atoms with E-state index in [2.05, 4.69) is 15.2 Å². The summed E-state index contributed by atoms with van der Waals surface area (Å²) in [6, 6.07) is 3.88. The smallest absolute Gasteiger partial charge is 0.152 e. The molecule has 1 aliphatic rings. The maximum absolute atomic E-state index is 5.90. The third kappa shape index (κ3) is 1.80. The quantitative estimate of drug-likeness (QED) is 0.675. The number of nitrogens with one attached hydrogen (secondary N) is 1. The van der Waals surface area contributed by atoms with Crippen molar-refractivity contribution in [2.45, 2.75) is 6.92 Å². The van der Waals surface area contributed by atoms with Gasteiger partial charge in [-0.15, -0.1) is 0 Å². The molecule has 2 heterocycles. The Morgan fingerprint density at radius 3 is 2.79 bits per heavy atom. The minimum atomic E-state index is 0.775. The molecule has 3 N–H and O–H groups in total. The van der Waals surface area contributed by atoms with Gasteiger partial charge in [0.1, 0.15) is 0 Å². The van der Waals surface area contributed by atoms with Gasteiger partial charge in [-0.3, -0.25) is 0 Å². The molecule has 0 saturated carbocycles. The van der Waals surface area contributed by atoms with Crippen LogP contribution in [0, 0.1) is 6.92 Å². The Morgan fingerprint density at radius 1 is 1.36 bits per heavy atom. The molecule has 1 saturated heterocycles. The third-order valence-corrected chi connectivity index (χ3v) is 2.46. The number of piperazine rings is 1. The van der Waals surface area contributed by atoms with Crippen molar-refractivity contribution < 1.29 is 0 Å². The molecule has 4 nitrogen and oxygen atoms in total. The van der Waals surface area contributed by atoms with Gasteiger partial charge >= 0.3 is 0 Å². The summed E-state index contributed by atoms with van der Waals surface area (Å²) in [4.78, 5) is 6.70. The van der Waals surface area contributed by atoms with Crippen molar-refractivity contribution in [3.05, 3.63) is 17.8 Å². The number of aromatic nitrogens is 1. The number of nitrogen functional groups attached to an aromatic ring is 1. The molecule has 4 heteroatoms. The number of rotatable bonds is 1. The average Bonchev–Trinajstić information content (AvgIpc) is 2.23. The molecular formula is C10H16N4. The van der Waals surface area contributed by atoms with Crippen LogP contribution in [-0.2, 0) is 0 Å². The Morgan fingerprint density at radius 2 is 2.07 bits per heavy atom. The largest absolute Gasteiger partial charge is 0.396 e. The van der Waals surface area contributed by atoms with Crippen molar-refractivity contribution >= 4 is 11.5 Å². The summed E-state index contributed by atoms with van der Waals surface area (Å²) in [5.74, 6) is 0.937. The highest BCUT2D eigenvalue weighted by Crippen LogP contribution is 2.20. The van der Waals surface area contributed by atoms with E-state index < -0.39 is 0 Å². The lowest BCUT2D eigenvalue weighted by Crippen LogP contribution is -2.44. The molecule has 0 unspecified atom stereocenters. The lowest BCUT2D eigenvalue weighted by atomic mass is 10.3. The van der Waals surface area contributed by atoms with Gasteiger partial charge < -0.3 is 16.0 Å². The molecule has 0 bridgehead atoms. The highest BCUT2D eigenvalue weighted by Gasteiger charge is 2.13. The van der Waals surface area contributed by atoms with Crippen LogP contribution in [0.25, 0.3) is 0 Å². The summed E-state index contributed by atoms with van der Waals surface area (Å²) in [7, 11) is 0. The van der Waals surface area contributed by atoms with Crippen LogP contribution in [0.1, 0.15) is 5.69 Å². The minimum Gasteiger partial charge on any atom is -0.396 e. The number of nitrogens with two attached hydrogens (primary N) is 1. The van der Waals surface area contributed by atoms with Gasteiger partial charge in [0, 0.05) is 31.9 Å². The summed E-state index contributed by atoms with van der Waals surface area (Å²) in [6.07, 6.45) is 0. The van der Waals surface area contributed by atoms with Gasteiger partial charge in [-0.2, -0.15) is 0 Å². The standard InChI is InChI=1S/C10H16N4/c1-8-2-3-9(11)10(13-8)14-6-4-12-5-7-14/h2-3,12H,4-7,11H2,1H3. The molecule has 0 amide bonds. The van der Waals surface area contributed by atoms with Crippen LogP contribution in [-0.4, -0.2) is 31.2 Å². The minimum absolute atomic E-state index is 0.775. The monoisotopic (exact) mass is 192 g/mol. The zero-order chi connectivity index (χ0) is 9.97. The summed E-state index contributed by atoms with van der Waals surface area (Å²) in [5.41, 5.74) is 7.69. The fraction of sp³-hybridized carbons (Fsp3) is 0.500. The van der Waals surface area contributed by atoms with Crippen molar-refractivity contribution in [2.24, 2.45) is 0 Å². The Labute approximate surface area is 84.1 Å². The average molecular weight is 192 g/mol. The zero-order valence-corrected chi connectivity index (χ0v) is 8.45. The van der Waals surface area contributed by atoms with E-state index in [1.54, 1.807) is 0 Å². The number of hydrogen-bond donors (Lipinski definition) is 2. The van der Waals surface area contributed by atoms with Gasteiger partial charge in [0.2, 0.25) is 0 Å². The Kier molecular flexibility index (Phi) is 2.54. The fourth-order valence-electron chi connectivity index (χ4n) is 1.68. The number of nitrogens with zero attached hydrogens (tertiary/aromatic N) is 2. The number of anilines is 2. The third-order valence-electron chi connectivity index (χ3n) is 2.46. The van der Waals surface area contributed by atoms with E-state index in [4.69, 9.17) is 5.73 Å². The van der Waals surface area contributed by atoms with Crippen LogP contribution < -0.4 is 16.0 Å². The molecule has 0 aliphatic carbocycles. The van der Waals surface area contributed by atoms with Crippen LogP contribution >= 0.6 is 0 Å². The van der Waals surface area contributed by atoms with Crippen LogP contribution in [0.15, 0.2) is 12.1 Å². The van der Waals surface area contributed by atoms with Gasteiger partial charge in [-0.05, 0) is 19.1 Å². The summed E-state index contributed by atoms with van der Waals surface area (Å²) in [5, 5.41) is 3.31. The maximum atomic E-state index is 5.90. The highest BCUT2D eigenvalue weighted by atomic mass is 15.2. The molecular weight excluding hydrogens is 176 g/mol. The van der Waals surface area contributed by atoms with Crippen LogP contribution in [0.3, 0.4) is 0 Å². The molecule has 0 aromatic carbocycles. The molecule has 76 valence electrons. The van der Waals surface area contributed by atoms with Crippen LogP contribution in [0.4, 0.5) is 11.5 Å². The number of hydrogen-bond acceptors (Lipinski definition) is 4. The lowest BCUT2D eigenvalue weighted by molar-refractivity contribution is 0.585. The SMILES string of the molecule is Cc1ccc(N)c(N2CCNCC2)n1. The molecule has 0 spiro atoms. The summed E-state index contributed by atoms with van der Waals surface area (Å²) < 4.78 is 0. The molecule has 2 rings (SSSR count). The van der Waals surface area contributed by atoms with Crippen molar-refractivity contribution in [3.63, 3.8) is 0 Å². The number of aryl methyl sites for hydroxylation is 1. The molecule has 0 atom stereocenters. The van der Waals surface area contributed by atoms with E-state index in [1.165, 1.54) is 0 Å². The predicted molar refractivity (Wildman–Crippen MR) is 58.5 cm³/mol. The first-order chi connectivity index (χ1) is 6.77. The van der Waals surface area contributed by atoms with Crippen LogP contribution in [0.5, 0.6) is 0 Å². The zero-order valence-electron chi connectivity index (χ0n) is 8.45. The molecule has 1 aromatic heterocycles. The Hall–Kier alpha value is -1.29. The number of pyridine rings is 1. The van der Waals surface area contributed by atoms with Gasteiger partial charge in [-0.25, -0.2) is 4.98 Å². The summed E-state index contributed by atoms with van der Waals surface area (Å²) >= 11 is 0. The van der Waals surface area contributed by atoms with Crippen molar-refractivity contribution in [1.29, 1.82) is 0 Å². The Bertz CT molecular complexity index is 318. The van der Waals surface area contributed by atoms with E-state index in [-0.39, 0.29) is 0 Å². The van der Waals surface area contributed by atoms with Crippen LogP contribution in [0.2, 0.25) is 0 Å². The molecule has 0 radical (unpaired) electrons. The van der Waals surface area contributed by atoms with E-state index in [1.807, 2.05) is 19.1 Å². The first-order valence-corrected chi connectivity index (χ1v) is 4.96. The van der Waals surface area contributed by atoms with Gasteiger partial charge in [-0.1, -0.05) is 0 Å². The van der Waals surface area contributed by atoms with E-state index in [9.17, 15) is 0 Å². The molecule has 1 aliphatic heterocycles. The first kappa shape index (κ1) is 9.27. The second-order valence-electron chi connectivity index (χ2n) is 3.60. The highest BCUT2D eigenvalue weighted by molar-refractivity contribution is 5.63. The predicted octanol–water partition coefficient (Wildman–Crippen LogP) is 0.382. The topological polar surface area (TPSA) is 54.2 Å². The van der Waals surface area contributed by atoms with Crippen molar-refractivity contribution in [1.82, 2.24) is 10.3 Å². The van der Waals surface area contributed by atoms with Gasteiger partial charge in [0.05, 0.1) is 5.69 Å². The van der Waals surface area contributed by atoms with Crippen molar-refractivity contribution in [2.75, 3.05) is 36.8 Å². The second kappa shape index (κ2) is 3.84. The molecule has 14 heavy (non-hydrogen) atoms. The van der Waals surface area contributed by atoms with Gasteiger partial charge in [0.15, 0.2) is 5.82 Å². The van der Waals surface area contributed by atoms with E-state index in [0.29, 0.717) is 0 Å². The Balaban J connectivity index is 2.24. The van der Waals surface area contributed by atoms with Gasteiger partial charge in [0.25, 0.3) is 0 Å². The second-order valence-corrected chi connectivity index (χ2v) is 3.60. The molecule has 1 fully saturated rings. The normalized spacial score (nSPS) is 17.1. The van der Waals surface area contributed by atoms with Crippen molar-refractivity contribution in [3.8, 4) is 0 Å². The molecule has 1 aromatic rings. The summed E-state index contributed by atoms with van der Waals surface area (Å²) in [6.45, 7) is 5.98.